The molecule has 0 aliphatic carbocycles. The maximum Gasteiger partial charge on any atom is 0.416 e. The van der Waals surface area contributed by atoms with Crippen molar-refractivity contribution in [2.45, 2.75) is 12.8 Å². The summed E-state index contributed by atoms with van der Waals surface area (Å²) in [5, 5.41) is 12.7. The van der Waals surface area contributed by atoms with Gasteiger partial charge in [-0.1, -0.05) is 12.1 Å². The summed E-state index contributed by atoms with van der Waals surface area (Å²) >= 11 is 0. The molecule has 5 nitrogen and oxygen atoms in total. The van der Waals surface area contributed by atoms with Crippen molar-refractivity contribution in [2.24, 2.45) is 7.05 Å². The zero-order valence-electron chi connectivity index (χ0n) is 10.9. The average Bonchev–Trinajstić information content (AvgIpc) is 2.77. The van der Waals surface area contributed by atoms with Gasteiger partial charge in [0.1, 0.15) is 12.2 Å². The molecule has 1 aromatic heterocycles. The molecule has 0 saturated carbocycles. The summed E-state index contributed by atoms with van der Waals surface area (Å²) in [6.07, 6.45) is -3.25. The molecule has 0 atom stereocenters. The molecular weight excluding hydrogens is 289 g/mol. The van der Waals surface area contributed by atoms with Crippen LogP contribution in [0.25, 0.3) is 0 Å². The smallest absolute Gasteiger partial charge is 0.416 e. The van der Waals surface area contributed by atoms with Crippen LogP contribution in [-0.4, -0.2) is 20.9 Å². The molecule has 0 fully saturated rings. The Morgan fingerprint density at radius 1 is 1.33 bits per heavy atom. The fourth-order valence-corrected chi connectivity index (χ4v) is 1.69. The largest absolute Gasteiger partial charge is 0.477 e. The van der Waals surface area contributed by atoms with Gasteiger partial charge in [0.25, 0.3) is 0 Å². The van der Waals surface area contributed by atoms with E-state index in [1.165, 1.54) is 23.9 Å². The van der Waals surface area contributed by atoms with E-state index in [9.17, 15) is 18.0 Å². The second kappa shape index (κ2) is 5.47. The van der Waals surface area contributed by atoms with Gasteiger partial charge in [-0.15, -0.1) is 0 Å². The van der Waals surface area contributed by atoms with Gasteiger partial charge < -0.3 is 9.84 Å². The van der Waals surface area contributed by atoms with Crippen LogP contribution in [0.2, 0.25) is 0 Å². The number of aromatic nitrogens is 2. The molecule has 0 amide bonds. The van der Waals surface area contributed by atoms with Gasteiger partial charge in [-0.3, -0.25) is 0 Å². The second-order valence-corrected chi connectivity index (χ2v) is 4.28. The van der Waals surface area contributed by atoms with Crippen molar-refractivity contribution in [3.05, 3.63) is 47.2 Å². The summed E-state index contributed by atoms with van der Waals surface area (Å²) in [6.45, 7) is -0.0576. The van der Waals surface area contributed by atoms with E-state index in [-0.39, 0.29) is 18.1 Å². The number of carbonyl (C=O) groups is 1. The quantitative estimate of drug-likeness (QED) is 0.943. The van der Waals surface area contributed by atoms with E-state index in [1.807, 2.05) is 0 Å². The highest BCUT2D eigenvalue weighted by Crippen LogP contribution is 2.29. The van der Waals surface area contributed by atoms with Crippen LogP contribution in [0.4, 0.5) is 13.2 Å². The molecule has 0 aliphatic rings. The lowest BCUT2D eigenvalue weighted by molar-refractivity contribution is -0.137. The first kappa shape index (κ1) is 14.9. The first-order valence-electron chi connectivity index (χ1n) is 5.83. The number of hydrogen-bond acceptors (Lipinski definition) is 3. The van der Waals surface area contributed by atoms with Gasteiger partial charge in [-0.2, -0.15) is 18.3 Å². The predicted octanol–water partition coefficient (Wildman–Crippen LogP) is 2.72. The lowest BCUT2D eigenvalue weighted by Gasteiger charge is -2.09. The maximum atomic E-state index is 12.4. The Bertz CT molecular complexity index is 648. The average molecular weight is 300 g/mol. The van der Waals surface area contributed by atoms with Gasteiger partial charge in [0.15, 0.2) is 0 Å². The fourth-order valence-electron chi connectivity index (χ4n) is 1.69. The van der Waals surface area contributed by atoms with E-state index < -0.39 is 17.7 Å². The van der Waals surface area contributed by atoms with Crippen molar-refractivity contribution in [1.82, 2.24) is 9.78 Å². The number of ether oxygens (including phenoxy) is 1. The molecule has 112 valence electrons. The molecule has 0 unspecified atom stereocenters. The van der Waals surface area contributed by atoms with Crippen LogP contribution in [0.1, 0.15) is 21.5 Å². The summed E-state index contributed by atoms with van der Waals surface area (Å²) in [4.78, 5) is 10.9. The number of aromatic carboxylic acids is 1. The minimum absolute atomic E-state index is 0.0439. The molecule has 0 spiro atoms. The summed E-state index contributed by atoms with van der Waals surface area (Å²) in [5.41, 5.74) is -0.372. The topological polar surface area (TPSA) is 64.4 Å². The molecule has 0 aliphatic heterocycles. The Kier molecular flexibility index (Phi) is 3.88. The second-order valence-electron chi connectivity index (χ2n) is 4.28. The third-order valence-corrected chi connectivity index (χ3v) is 2.77. The Morgan fingerprint density at radius 3 is 2.48 bits per heavy atom. The van der Waals surface area contributed by atoms with Gasteiger partial charge in [-0.25, -0.2) is 9.48 Å². The molecule has 2 rings (SSSR count). The van der Waals surface area contributed by atoms with Gasteiger partial charge in [0.05, 0.1) is 11.8 Å². The third kappa shape index (κ3) is 3.33. The van der Waals surface area contributed by atoms with Crippen molar-refractivity contribution in [2.75, 3.05) is 0 Å². The monoisotopic (exact) mass is 300 g/mol. The van der Waals surface area contributed by atoms with Crippen LogP contribution >= 0.6 is 0 Å². The zero-order valence-corrected chi connectivity index (χ0v) is 10.9. The lowest BCUT2D eigenvalue weighted by atomic mass is 10.1. The molecule has 0 bridgehead atoms. The molecule has 1 N–H and O–H groups in total. The van der Waals surface area contributed by atoms with Crippen LogP contribution in [0, 0.1) is 0 Å². The summed E-state index contributed by atoms with van der Waals surface area (Å²) < 4.78 is 43.8. The number of nitrogens with zero attached hydrogens (tertiary/aromatic N) is 2. The van der Waals surface area contributed by atoms with E-state index in [4.69, 9.17) is 9.84 Å². The molecular formula is C13H11F3N2O3. The lowest BCUT2D eigenvalue weighted by Crippen LogP contribution is -2.07. The van der Waals surface area contributed by atoms with Crippen LogP contribution in [0.3, 0.4) is 0 Å². The molecule has 0 radical (unpaired) electrons. The van der Waals surface area contributed by atoms with Crippen molar-refractivity contribution < 1.29 is 27.8 Å². The van der Waals surface area contributed by atoms with Gasteiger partial charge >= 0.3 is 12.1 Å². The standard InChI is InChI=1S/C13H11F3N2O3/c1-18-11(10(6-17-18)12(19)20)21-7-8-2-4-9(5-3-8)13(14,15)16/h2-6H,7H2,1H3,(H,19,20). The molecule has 1 heterocycles. The molecule has 8 heteroatoms. The Balaban J connectivity index is 2.10. The van der Waals surface area contributed by atoms with Crippen molar-refractivity contribution in [1.29, 1.82) is 0 Å². The Hall–Kier alpha value is -2.51. The Morgan fingerprint density at radius 2 is 1.95 bits per heavy atom. The molecule has 2 aromatic rings. The Labute approximate surface area is 117 Å². The predicted molar refractivity (Wildman–Crippen MR) is 65.9 cm³/mol. The molecule has 0 saturated heterocycles. The minimum atomic E-state index is -4.39. The van der Waals surface area contributed by atoms with E-state index in [1.54, 1.807) is 0 Å². The molecule has 21 heavy (non-hydrogen) atoms. The normalized spacial score (nSPS) is 11.4. The van der Waals surface area contributed by atoms with Gasteiger partial charge in [-0.05, 0) is 17.7 Å². The fraction of sp³-hybridized carbons (Fsp3) is 0.231. The zero-order chi connectivity index (χ0) is 15.6. The number of halogens is 3. The van der Waals surface area contributed by atoms with E-state index in [0.717, 1.165) is 18.3 Å². The highest BCUT2D eigenvalue weighted by molar-refractivity contribution is 5.89. The number of aryl methyl sites for hydroxylation is 1. The van der Waals surface area contributed by atoms with Gasteiger partial charge in [0, 0.05) is 7.05 Å². The highest BCUT2D eigenvalue weighted by atomic mass is 19.4. The van der Waals surface area contributed by atoms with Gasteiger partial charge in [0.2, 0.25) is 5.88 Å². The third-order valence-electron chi connectivity index (χ3n) is 2.77. The van der Waals surface area contributed by atoms with Crippen LogP contribution < -0.4 is 4.74 Å². The number of hydrogen-bond donors (Lipinski definition) is 1. The van der Waals surface area contributed by atoms with E-state index in [0.29, 0.717) is 5.56 Å². The van der Waals surface area contributed by atoms with Crippen molar-refractivity contribution >= 4 is 5.97 Å². The number of rotatable bonds is 4. The maximum absolute atomic E-state index is 12.4. The highest BCUT2D eigenvalue weighted by Gasteiger charge is 2.29. The first-order chi connectivity index (χ1) is 9.79. The van der Waals surface area contributed by atoms with Crippen LogP contribution in [0.5, 0.6) is 5.88 Å². The summed E-state index contributed by atoms with van der Waals surface area (Å²) in [7, 11) is 1.51. The first-order valence-corrected chi connectivity index (χ1v) is 5.83. The van der Waals surface area contributed by atoms with Crippen molar-refractivity contribution in [3.63, 3.8) is 0 Å². The molecule has 1 aromatic carbocycles. The minimum Gasteiger partial charge on any atom is -0.477 e. The summed E-state index contributed by atoms with van der Waals surface area (Å²) in [6, 6.07) is 4.44. The van der Waals surface area contributed by atoms with E-state index >= 15 is 0 Å². The SMILES string of the molecule is Cn1ncc(C(=O)O)c1OCc1ccc(C(F)(F)F)cc1. The van der Waals surface area contributed by atoms with Crippen LogP contribution in [-0.2, 0) is 19.8 Å². The van der Waals surface area contributed by atoms with E-state index in [2.05, 4.69) is 5.10 Å². The van der Waals surface area contributed by atoms with Crippen molar-refractivity contribution in [3.8, 4) is 5.88 Å². The number of alkyl halides is 3. The summed E-state index contributed by atoms with van der Waals surface area (Å²) in [5.74, 6) is -1.15. The number of carboxylic acid groups (broad SMARTS) is 1. The number of benzene rings is 1. The number of carboxylic acids is 1. The van der Waals surface area contributed by atoms with Crippen LogP contribution in [0.15, 0.2) is 30.5 Å².